The highest BCUT2D eigenvalue weighted by atomic mass is 16.9. The van der Waals surface area contributed by atoms with Crippen LogP contribution in [0.5, 0.6) is 11.5 Å². The minimum absolute atomic E-state index is 0.140. The molecule has 0 saturated carbocycles. The van der Waals surface area contributed by atoms with Gasteiger partial charge in [0.2, 0.25) is 0 Å². The van der Waals surface area contributed by atoms with E-state index in [4.69, 9.17) is 4.74 Å². The molecule has 166 valence electrons. The highest BCUT2D eigenvalue weighted by molar-refractivity contribution is 5.55. The number of benzene rings is 1. The van der Waals surface area contributed by atoms with Gasteiger partial charge in [0.1, 0.15) is 17.1 Å². The quantitative estimate of drug-likeness (QED) is 0.241. The summed E-state index contributed by atoms with van der Waals surface area (Å²) in [4.78, 5) is 14.6. The fourth-order valence-corrected chi connectivity index (χ4v) is 5.04. The molecule has 2 atom stereocenters. The molecule has 1 N–H and O–H groups in total. The molecule has 2 aliphatic rings. The van der Waals surface area contributed by atoms with Gasteiger partial charge < -0.3 is 14.7 Å². The van der Waals surface area contributed by atoms with Gasteiger partial charge in [0.25, 0.3) is 5.09 Å². The van der Waals surface area contributed by atoms with Crippen molar-refractivity contribution in [2.24, 2.45) is 5.92 Å². The molecule has 6 nitrogen and oxygen atoms in total. The zero-order chi connectivity index (χ0) is 22.1. The smallest absolute Gasteiger partial charge is 0.294 e. The molecule has 0 saturated heterocycles. The van der Waals surface area contributed by atoms with Crippen LogP contribution in [0.25, 0.3) is 0 Å². The second-order valence-corrected chi connectivity index (χ2v) is 10.0. The Morgan fingerprint density at radius 1 is 1.30 bits per heavy atom. The first-order valence-corrected chi connectivity index (χ1v) is 11.0. The summed E-state index contributed by atoms with van der Waals surface area (Å²) in [6, 6.07) is 4.02. The minimum atomic E-state index is -0.741. The average Bonchev–Trinajstić information content (AvgIpc) is 2.63. The third kappa shape index (κ3) is 4.73. The topological polar surface area (TPSA) is 81.8 Å². The predicted octanol–water partition coefficient (Wildman–Crippen LogP) is 6.05. The lowest BCUT2D eigenvalue weighted by Crippen LogP contribution is -2.45. The van der Waals surface area contributed by atoms with E-state index in [9.17, 15) is 15.2 Å². The van der Waals surface area contributed by atoms with Crippen LogP contribution in [-0.4, -0.2) is 22.4 Å². The summed E-state index contributed by atoms with van der Waals surface area (Å²) in [5.74, 6) is 1.68. The zero-order valence-electron chi connectivity index (χ0n) is 18.9. The molecule has 6 heteroatoms. The van der Waals surface area contributed by atoms with Crippen molar-refractivity contribution < 1.29 is 19.8 Å². The Balaban J connectivity index is 1.78. The Bertz CT molecular complexity index is 827. The molecule has 0 radical (unpaired) electrons. The van der Waals surface area contributed by atoms with E-state index in [0.29, 0.717) is 18.1 Å². The fourth-order valence-electron chi connectivity index (χ4n) is 5.04. The molecule has 30 heavy (non-hydrogen) atoms. The highest BCUT2D eigenvalue weighted by Gasteiger charge is 2.45. The molecule has 0 fully saturated rings. The molecule has 0 aromatic heterocycles. The summed E-state index contributed by atoms with van der Waals surface area (Å²) >= 11 is 0. The molecular formula is C24H35NO5. The fraction of sp³-hybridized carbons (Fsp3) is 0.667. The third-order valence-corrected chi connectivity index (χ3v) is 6.89. The number of nitrogens with zero attached hydrogens (tertiary/aromatic N) is 1. The molecule has 1 aromatic rings. The van der Waals surface area contributed by atoms with E-state index in [0.717, 1.165) is 49.0 Å². The van der Waals surface area contributed by atoms with Crippen LogP contribution in [0, 0.1) is 16.0 Å². The first kappa shape index (κ1) is 22.4. The van der Waals surface area contributed by atoms with E-state index in [1.54, 1.807) is 0 Å². The maximum Gasteiger partial charge on any atom is 0.294 e. The Morgan fingerprint density at radius 3 is 2.73 bits per heavy atom. The van der Waals surface area contributed by atoms with Crippen LogP contribution in [0.1, 0.15) is 90.2 Å². The van der Waals surface area contributed by atoms with Crippen LogP contribution in [0.3, 0.4) is 0 Å². The van der Waals surface area contributed by atoms with Gasteiger partial charge in [-0.25, -0.2) is 0 Å². The summed E-state index contributed by atoms with van der Waals surface area (Å²) in [5, 5.41) is 20.5. The Labute approximate surface area is 179 Å². The molecule has 1 aliphatic carbocycles. The van der Waals surface area contributed by atoms with Crippen LogP contribution in [0.4, 0.5) is 0 Å². The van der Waals surface area contributed by atoms with Crippen molar-refractivity contribution >= 4 is 0 Å². The van der Waals surface area contributed by atoms with Crippen molar-refractivity contribution in [2.45, 2.75) is 90.1 Å². The van der Waals surface area contributed by atoms with Crippen molar-refractivity contribution in [3.8, 4) is 11.5 Å². The number of hydrogen-bond acceptors (Lipinski definition) is 5. The van der Waals surface area contributed by atoms with Gasteiger partial charge in [-0.2, -0.15) is 0 Å². The maximum absolute atomic E-state index is 11.0. The van der Waals surface area contributed by atoms with E-state index < -0.39 is 5.09 Å². The lowest BCUT2D eigenvalue weighted by Gasteiger charge is -2.46. The van der Waals surface area contributed by atoms with Crippen molar-refractivity contribution in [3.63, 3.8) is 0 Å². The number of phenolic OH excluding ortho intramolecular Hbond substituents is 1. The predicted molar refractivity (Wildman–Crippen MR) is 116 cm³/mol. The molecular weight excluding hydrogens is 382 g/mol. The van der Waals surface area contributed by atoms with E-state index in [2.05, 4.69) is 51.6 Å². The Morgan fingerprint density at radius 2 is 2.03 bits per heavy atom. The standard InChI is InChI=1S/C24H35NO5/c1-16-9-10-19-18(13-16)22-20(26)14-17(15-21(22)30-24(19,4)5)23(2,3)11-7-6-8-12-29-25(27)28/h13-15,18-19,26H,6-12H2,1-5H3/t18-,19-/m1/s1. The number of phenols is 1. The van der Waals surface area contributed by atoms with E-state index in [1.165, 1.54) is 5.57 Å². The molecule has 0 bridgehead atoms. The number of rotatable bonds is 8. The number of aromatic hydroxyl groups is 1. The molecule has 1 aliphatic heterocycles. The summed E-state index contributed by atoms with van der Waals surface area (Å²) in [7, 11) is 0. The van der Waals surface area contributed by atoms with Gasteiger partial charge in [-0.05, 0) is 69.6 Å². The number of fused-ring (bicyclic) bond motifs is 3. The molecule has 1 heterocycles. The number of hydrogen-bond donors (Lipinski definition) is 1. The second-order valence-electron chi connectivity index (χ2n) is 10.0. The summed E-state index contributed by atoms with van der Waals surface area (Å²) in [6.45, 7) is 11.0. The van der Waals surface area contributed by atoms with Crippen molar-refractivity contribution in [2.75, 3.05) is 6.61 Å². The van der Waals surface area contributed by atoms with Crippen LogP contribution in [0.15, 0.2) is 23.8 Å². The molecule has 0 amide bonds. The summed E-state index contributed by atoms with van der Waals surface area (Å²) in [6.07, 6.45) is 7.86. The molecule has 0 unspecified atom stereocenters. The molecule has 3 rings (SSSR count). The van der Waals surface area contributed by atoms with Crippen molar-refractivity contribution in [3.05, 3.63) is 45.0 Å². The summed E-state index contributed by atoms with van der Waals surface area (Å²) < 4.78 is 6.45. The van der Waals surface area contributed by atoms with Gasteiger partial charge in [0.05, 0.1) is 6.61 Å². The number of unbranched alkanes of at least 4 members (excludes halogenated alkanes) is 2. The second kappa shape index (κ2) is 8.48. The molecule has 1 aromatic carbocycles. The number of ether oxygens (including phenoxy) is 1. The largest absolute Gasteiger partial charge is 0.507 e. The van der Waals surface area contributed by atoms with E-state index in [1.807, 2.05) is 6.07 Å². The van der Waals surface area contributed by atoms with Crippen LogP contribution in [-0.2, 0) is 10.3 Å². The van der Waals surface area contributed by atoms with Gasteiger partial charge in [0, 0.05) is 17.4 Å². The van der Waals surface area contributed by atoms with Gasteiger partial charge in [0.15, 0.2) is 0 Å². The van der Waals surface area contributed by atoms with Gasteiger partial charge >= 0.3 is 0 Å². The lowest BCUT2D eigenvalue weighted by molar-refractivity contribution is -0.757. The van der Waals surface area contributed by atoms with Crippen LogP contribution in [0.2, 0.25) is 0 Å². The monoisotopic (exact) mass is 417 g/mol. The Kier molecular flexibility index (Phi) is 6.34. The molecule has 0 spiro atoms. The average molecular weight is 418 g/mol. The van der Waals surface area contributed by atoms with Gasteiger partial charge in [-0.3, -0.25) is 0 Å². The van der Waals surface area contributed by atoms with Gasteiger partial charge in [-0.15, -0.1) is 10.1 Å². The normalized spacial score (nSPS) is 22.4. The van der Waals surface area contributed by atoms with Crippen molar-refractivity contribution in [1.29, 1.82) is 0 Å². The lowest BCUT2D eigenvalue weighted by atomic mass is 9.67. The SMILES string of the molecule is CC1=C[C@H]2c3c(O)cc(C(C)(C)CCCCCO[N+](=O)[O-])cc3OC(C)(C)[C@@H]2CC1. The highest BCUT2D eigenvalue weighted by Crippen LogP contribution is 2.54. The minimum Gasteiger partial charge on any atom is -0.507 e. The third-order valence-electron chi connectivity index (χ3n) is 6.89. The van der Waals surface area contributed by atoms with E-state index >= 15 is 0 Å². The van der Waals surface area contributed by atoms with Crippen molar-refractivity contribution in [1.82, 2.24) is 0 Å². The zero-order valence-corrected chi connectivity index (χ0v) is 18.9. The maximum atomic E-state index is 11.0. The van der Waals surface area contributed by atoms with E-state index in [-0.39, 0.29) is 23.5 Å². The Hall–Kier alpha value is -2.24. The first-order chi connectivity index (χ1) is 14.0. The van der Waals surface area contributed by atoms with Crippen LogP contribution < -0.4 is 4.74 Å². The summed E-state index contributed by atoms with van der Waals surface area (Å²) in [5.41, 5.74) is 2.95. The van der Waals surface area contributed by atoms with Gasteiger partial charge in [-0.1, -0.05) is 38.3 Å². The first-order valence-electron chi connectivity index (χ1n) is 11.0. The van der Waals surface area contributed by atoms with Crippen LogP contribution >= 0.6 is 0 Å². The number of allylic oxidation sites excluding steroid dienone is 2.